The maximum atomic E-state index is 12.5. The fourth-order valence-electron chi connectivity index (χ4n) is 1.04. The van der Waals surface area contributed by atoms with E-state index in [0.29, 0.717) is 0 Å². The number of carbonyl (C=O) groups excluding carboxylic acids is 1. The Morgan fingerprint density at radius 3 is 2.64 bits per heavy atom. The van der Waals surface area contributed by atoms with Crippen molar-refractivity contribution >= 4 is 39.4 Å². The minimum absolute atomic E-state index is 0.0300. The molecule has 0 amide bonds. The first-order chi connectivity index (χ1) is 6.45. The van der Waals surface area contributed by atoms with E-state index in [-0.39, 0.29) is 20.4 Å². The third-order valence-corrected chi connectivity index (χ3v) is 2.83. The molecule has 0 saturated heterocycles. The molecule has 14 heavy (non-hydrogen) atoms. The lowest BCUT2D eigenvalue weighted by Crippen LogP contribution is -2.04. The molecule has 1 aromatic heterocycles. The third-order valence-electron chi connectivity index (χ3n) is 1.77. The first kappa shape index (κ1) is 11.8. The van der Waals surface area contributed by atoms with Crippen LogP contribution in [-0.2, 0) is 0 Å². The maximum Gasteiger partial charge on any atom is 0.266 e. The summed E-state index contributed by atoms with van der Waals surface area (Å²) in [4.78, 5) is 14.5. The van der Waals surface area contributed by atoms with E-state index in [1.807, 2.05) is 0 Å². The van der Waals surface area contributed by atoms with Crippen molar-refractivity contribution in [1.82, 2.24) is 4.98 Å². The van der Waals surface area contributed by atoms with Crippen molar-refractivity contribution in [1.29, 1.82) is 0 Å². The van der Waals surface area contributed by atoms with Crippen LogP contribution in [-0.4, -0.2) is 10.2 Å². The lowest BCUT2D eigenvalue weighted by atomic mass is 10.1. The molecule has 0 aliphatic carbocycles. The molecule has 6 heteroatoms. The van der Waals surface area contributed by atoms with E-state index in [1.54, 1.807) is 22.6 Å². The molecule has 0 N–H and O–H groups in total. The Morgan fingerprint density at radius 1 is 1.64 bits per heavy atom. The number of hydrogen-bond acceptors (Lipinski definition) is 2. The van der Waals surface area contributed by atoms with Crippen LogP contribution in [0, 0.1) is 10.6 Å². The van der Waals surface area contributed by atoms with Crippen LogP contribution in [0.25, 0.3) is 0 Å². The van der Waals surface area contributed by atoms with Crippen LogP contribution >= 0.6 is 34.2 Å². The SMILES string of the molecule is Cc1c(C(=O)Cl)cnc(I)c1C(F)F. The van der Waals surface area contributed by atoms with Crippen LogP contribution in [0.4, 0.5) is 8.78 Å². The zero-order valence-corrected chi connectivity index (χ0v) is 9.94. The van der Waals surface area contributed by atoms with Gasteiger partial charge in [-0.2, -0.15) is 0 Å². The summed E-state index contributed by atoms with van der Waals surface area (Å²) in [5, 5.41) is -0.770. The molecule has 0 aliphatic rings. The zero-order valence-electron chi connectivity index (χ0n) is 7.02. The van der Waals surface area contributed by atoms with Crippen molar-refractivity contribution in [3.05, 3.63) is 26.6 Å². The van der Waals surface area contributed by atoms with Gasteiger partial charge in [-0.1, -0.05) is 0 Å². The number of carbonyl (C=O) groups is 1. The molecule has 0 fully saturated rings. The molecule has 0 radical (unpaired) electrons. The van der Waals surface area contributed by atoms with Crippen molar-refractivity contribution < 1.29 is 13.6 Å². The molecular formula is C8H5ClF2INO. The summed E-state index contributed by atoms with van der Waals surface area (Å²) in [5.74, 6) is 0. The highest BCUT2D eigenvalue weighted by Gasteiger charge is 2.20. The molecule has 1 rings (SSSR count). The minimum Gasteiger partial charge on any atom is -0.276 e. The second kappa shape index (κ2) is 4.48. The van der Waals surface area contributed by atoms with E-state index in [2.05, 4.69) is 4.98 Å². The van der Waals surface area contributed by atoms with Gasteiger partial charge in [-0.15, -0.1) is 0 Å². The van der Waals surface area contributed by atoms with Crippen molar-refractivity contribution in [2.45, 2.75) is 13.3 Å². The van der Waals surface area contributed by atoms with E-state index in [4.69, 9.17) is 11.6 Å². The molecule has 0 saturated carbocycles. The Balaban J connectivity index is 3.41. The second-order valence-corrected chi connectivity index (χ2v) is 3.94. The van der Waals surface area contributed by atoms with E-state index < -0.39 is 11.7 Å². The first-order valence-corrected chi connectivity index (χ1v) is 5.03. The van der Waals surface area contributed by atoms with Crippen molar-refractivity contribution in [2.75, 3.05) is 0 Å². The fourth-order valence-corrected chi connectivity index (χ4v) is 2.01. The van der Waals surface area contributed by atoms with E-state index in [0.717, 1.165) is 0 Å². The van der Waals surface area contributed by atoms with Gasteiger partial charge in [0, 0.05) is 6.20 Å². The summed E-state index contributed by atoms with van der Waals surface area (Å²) in [6.45, 7) is 1.43. The predicted molar refractivity (Wildman–Crippen MR) is 56.8 cm³/mol. The van der Waals surface area contributed by atoms with E-state index in [1.165, 1.54) is 13.1 Å². The Morgan fingerprint density at radius 2 is 2.21 bits per heavy atom. The molecule has 1 heterocycles. The van der Waals surface area contributed by atoms with Gasteiger partial charge in [0.25, 0.3) is 11.7 Å². The summed E-state index contributed by atoms with van der Waals surface area (Å²) in [5.41, 5.74) is -0.00103. The number of halogens is 4. The summed E-state index contributed by atoms with van der Waals surface area (Å²) in [6.07, 6.45) is -1.44. The van der Waals surface area contributed by atoms with Crippen molar-refractivity contribution in [2.24, 2.45) is 0 Å². The average molecular weight is 331 g/mol. The highest BCUT2D eigenvalue weighted by molar-refractivity contribution is 14.1. The molecule has 0 unspecified atom stereocenters. The average Bonchev–Trinajstić information content (AvgIpc) is 2.02. The number of rotatable bonds is 2. The van der Waals surface area contributed by atoms with E-state index >= 15 is 0 Å². The quantitative estimate of drug-likeness (QED) is 0.473. The van der Waals surface area contributed by atoms with Gasteiger partial charge < -0.3 is 0 Å². The van der Waals surface area contributed by atoms with Gasteiger partial charge in [0.05, 0.1) is 11.1 Å². The number of nitrogens with zero attached hydrogens (tertiary/aromatic N) is 1. The molecule has 0 aliphatic heterocycles. The van der Waals surface area contributed by atoms with Crippen LogP contribution < -0.4 is 0 Å². The number of hydrogen-bond donors (Lipinski definition) is 0. The van der Waals surface area contributed by atoms with Crippen LogP contribution in [0.2, 0.25) is 0 Å². The van der Waals surface area contributed by atoms with Crippen molar-refractivity contribution in [3.63, 3.8) is 0 Å². The molecule has 0 aromatic carbocycles. The number of aromatic nitrogens is 1. The smallest absolute Gasteiger partial charge is 0.266 e. The molecule has 0 bridgehead atoms. The Kier molecular flexibility index (Phi) is 3.77. The highest BCUT2D eigenvalue weighted by Crippen LogP contribution is 2.28. The van der Waals surface area contributed by atoms with Gasteiger partial charge in [0.1, 0.15) is 3.70 Å². The Labute approximate surface area is 97.8 Å². The molecule has 0 spiro atoms. The fraction of sp³-hybridized carbons (Fsp3) is 0.250. The molecule has 1 aromatic rings. The van der Waals surface area contributed by atoms with E-state index in [9.17, 15) is 13.6 Å². The van der Waals surface area contributed by atoms with Gasteiger partial charge in [0.15, 0.2) is 0 Å². The predicted octanol–water partition coefficient (Wildman–Crippen LogP) is 3.31. The minimum atomic E-state index is -2.65. The highest BCUT2D eigenvalue weighted by atomic mass is 127. The van der Waals surface area contributed by atoms with Crippen LogP contribution in [0.1, 0.15) is 27.9 Å². The first-order valence-electron chi connectivity index (χ1n) is 3.58. The monoisotopic (exact) mass is 331 g/mol. The van der Waals surface area contributed by atoms with Gasteiger partial charge in [0.2, 0.25) is 0 Å². The Hall–Kier alpha value is -0.300. The number of pyridine rings is 1. The van der Waals surface area contributed by atoms with Crippen LogP contribution in [0.3, 0.4) is 0 Å². The standard InChI is InChI=1S/C8H5ClF2INO/c1-3-4(6(9)14)2-13-8(12)5(3)7(10)11/h2,7H,1H3. The molecular weight excluding hydrogens is 326 g/mol. The second-order valence-electron chi connectivity index (χ2n) is 2.58. The lowest BCUT2D eigenvalue weighted by Gasteiger charge is -2.08. The Bertz CT molecular complexity index is 384. The van der Waals surface area contributed by atoms with Gasteiger partial charge in [-0.25, -0.2) is 13.8 Å². The third kappa shape index (κ3) is 2.20. The van der Waals surface area contributed by atoms with Crippen LogP contribution in [0.15, 0.2) is 6.20 Å². The van der Waals surface area contributed by atoms with Gasteiger partial charge >= 0.3 is 0 Å². The summed E-state index contributed by atoms with van der Waals surface area (Å²) < 4.78 is 25.3. The van der Waals surface area contributed by atoms with Gasteiger partial charge in [-0.3, -0.25) is 4.79 Å². The zero-order chi connectivity index (χ0) is 10.9. The topological polar surface area (TPSA) is 30.0 Å². The summed E-state index contributed by atoms with van der Waals surface area (Å²) in [6, 6.07) is 0. The summed E-state index contributed by atoms with van der Waals surface area (Å²) >= 11 is 6.91. The molecule has 0 atom stereocenters. The number of alkyl halides is 2. The maximum absolute atomic E-state index is 12.5. The molecule has 2 nitrogen and oxygen atoms in total. The van der Waals surface area contributed by atoms with Gasteiger partial charge in [-0.05, 0) is 46.7 Å². The largest absolute Gasteiger partial charge is 0.276 e. The summed E-state index contributed by atoms with van der Waals surface area (Å²) in [7, 11) is 0. The lowest BCUT2D eigenvalue weighted by molar-refractivity contribution is 0.107. The van der Waals surface area contributed by atoms with Crippen molar-refractivity contribution in [3.8, 4) is 0 Å². The molecule has 76 valence electrons. The normalized spacial score (nSPS) is 10.7. The van der Waals surface area contributed by atoms with Crippen LogP contribution in [0.5, 0.6) is 0 Å².